The van der Waals surface area contributed by atoms with E-state index >= 15 is 0 Å². The number of anilines is 2. The van der Waals surface area contributed by atoms with Crippen LogP contribution in [0.1, 0.15) is 10.4 Å². The standard InChI is InChI=1S/C17H11FN4O/c18-14-4-6-15(7-5-14)22-17(23)13-2-1-3-16(8-13)21-11-12(9-19)10-20/h1-8,11,21H,(H,22,23). The Morgan fingerprint density at radius 2 is 1.74 bits per heavy atom. The number of nitriles is 2. The van der Waals surface area contributed by atoms with E-state index in [1.807, 2.05) is 0 Å². The van der Waals surface area contributed by atoms with E-state index in [4.69, 9.17) is 10.5 Å². The molecule has 2 rings (SSSR count). The van der Waals surface area contributed by atoms with Gasteiger partial charge in [0.05, 0.1) is 0 Å². The summed E-state index contributed by atoms with van der Waals surface area (Å²) in [5, 5.41) is 22.7. The number of rotatable bonds is 4. The van der Waals surface area contributed by atoms with E-state index in [-0.39, 0.29) is 17.3 Å². The number of halogens is 1. The molecule has 5 nitrogen and oxygen atoms in total. The first-order chi connectivity index (χ1) is 11.1. The Bertz CT molecular complexity index is 813. The number of amides is 1. The van der Waals surface area contributed by atoms with Crippen LogP contribution in [0.3, 0.4) is 0 Å². The molecule has 0 aliphatic rings. The lowest BCUT2D eigenvalue weighted by Crippen LogP contribution is -2.12. The highest BCUT2D eigenvalue weighted by Crippen LogP contribution is 2.14. The van der Waals surface area contributed by atoms with Crippen LogP contribution in [0, 0.1) is 28.5 Å². The van der Waals surface area contributed by atoms with Gasteiger partial charge in [0, 0.05) is 23.1 Å². The van der Waals surface area contributed by atoms with Crippen molar-refractivity contribution in [2.24, 2.45) is 0 Å². The minimum Gasteiger partial charge on any atom is -0.360 e. The fourth-order valence-electron chi connectivity index (χ4n) is 1.73. The van der Waals surface area contributed by atoms with Gasteiger partial charge in [-0.1, -0.05) is 6.07 Å². The van der Waals surface area contributed by atoms with Crippen molar-refractivity contribution in [2.75, 3.05) is 10.6 Å². The predicted molar refractivity (Wildman–Crippen MR) is 83.7 cm³/mol. The van der Waals surface area contributed by atoms with Crippen LogP contribution in [-0.4, -0.2) is 5.91 Å². The molecule has 0 aliphatic carbocycles. The smallest absolute Gasteiger partial charge is 0.255 e. The lowest BCUT2D eigenvalue weighted by atomic mass is 10.2. The summed E-state index contributed by atoms with van der Waals surface area (Å²) in [6.07, 6.45) is 1.26. The van der Waals surface area contributed by atoms with Gasteiger partial charge in [-0.2, -0.15) is 10.5 Å². The molecule has 0 aliphatic heterocycles. The summed E-state index contributed by atoms with van der Waals surface area (Å²) < 4.78 is 12.8. The molecule has 0 heterocycles. The van der Waals surface area contributed by atoms with Gasteiger partial charge >= 0.3 is 0 Å². The number of hydrogen-bond acceptors (Lipinski definition) is 4. The number of hydrogen-bond donors (Lipinski definition) is 2. The molecule has 0 saturated carbocycles. The molecule has 0 saturated heterocycles. The first-order valence-corrected chi connectivity index (χ1v) is 6.56. The monoisotopic (exact) mass is 306 g/mol. The zero-order chi connectivity index (χ0) is 16.7. The molecule has 112 valence electrons. The number of nitrogens with one attached hydrogen (secondary N) is 2. The second kappa shape index (κ2) is 7.39. The van der Waals surface area contributed by atoms with Crippen molar-refractivity contribution >= 4 is 17.3 Å². The highest BCUT2D eigenvalue weighted by molar-refractivity contribution is 6.04. The fraction of sp³-hybridized carbons (Fsp3) is 0. The molecule has 2 N–H and O–H groups in total. The molecular weight excluding hydrogens is 295 g/mol. The third kappa shape index (κ3) is 4.42. The minimum atomic E-state index is -0.383. The Labute approximate surface area is 132 Å². The summed E-state index contributed by atoms with van der Waals surface area (Å²) in [5.41, 5.74) is 1.33. The molecule has 23 heavy (non-hydrogen) atoms. The first-order valence-electron chi connectivity index (χ1n) is 6.56. The topological polar surface area (TPSA) is 88.7 Å². The number of carbonyl (C=O) groups is 1. The zero-order valence-electron chi connectivity index (χ0n) is 11.9. The number of allylic oxidation sites excluding steroid dienone is 1. The summed E-state index contributed by atoms with van der Waals surface area (Å²) in [7, 11) is 0. The molecule has 0 spiro atoms. The van der Waals surface area contributed by atoms with Crippen molar-refractivity contribution in [3.63, 3.8) is 0 Å². The Morgan fingerprint density at radius 1 is 1.04 bits per heavy atom. The maximum absolute atomic E-state index is 12.8. The highest BCUT2D eigenvalue weighted by Gasteiger charge is 2.07. The van der Waals surface area contributed by atoms with Crippen LogP contribution >= 0.6 is 0 Å². The van der Waals surface area contributed by atoms with E-state index < -0.39 is 0 Å². The summed E-state index contributed by atoms with van der Waals surface area (Å²) in [6.45, 7) is 0. The van der Waals surface area contributed by atoms with Gasteiger partial charge in [-0.15, -0.1) is 0 Å². The van der Waals surface area contributed by atoms with Gasteiger partial charge in [0.2, 0.25) is 0 Å². The van der Waals surface area contributed by atoms with Gasteiger partial charge in [0.25, 0.3) is 5.91 Å². The van der Waals surface area contributed by atoms with E-state index in [9.17, 15) is 9.18 Å². The Balaban J connectivity index is 2.11. The maximum Gasteiger partial charge on any atom is 0.255 e. The van der Waals surface area contributed by atoms with E-state index in [1.54, 1.807) is 36.4 Å². The van der Waals surface area contributed by atoms with Gasteiger partial charge in [-0.05, 0) is 42.5 Å². The Kier molecular flexibility index (Phi) is 5.06. The molecule has 0 atom stereocenters. The van der Waals surface area contributed by atoms with Crippen LogP contribution in [0.5, 0.6) is 0 Å². The normalized spacial score (nSPS) is 9.17. The molecule has 2 aromatic rings. The van der Waals surface area contributed by atoms with Crippen LogP contribution in [0.25, 0.3) is 0 Å². The van der Waals surface area contributed by atoms with Gasteiger partial charge in [0.15, 0.2) is 0 Å². The molecule has 0 unspecified atom stereocenters. The van der Waals surface area contributed by atoms with Gasteiger partial charge in [0.1, 0.15) is 23.5 Å². The number of carbonyl (C=O) groups excluding carboxylic acids is 1. The van der Waals surface area contributed by atoms with E-state index in [0.717, 1.165) is 0 Å². The molecule has 6 heteroatoms. The second-order valence-electron chi connectivity index (χ2n) is 4.47. The van der Waals surface area contributed by atoms with Gasteiger partial charge in [-0.25, -0.2) is 4.39 Å². The van der Waals surface area contributed by atoms with Gasteiger partial charge < -0.3 is 10.6 Å². The van der Waals surface area contributed by atoms with Crippen LogP contribution < -0.4 is 10.6 Å². The van der Waals surface area contributed by atoms with Crippen LogP contribution in [0.15, 0.2) is 60.3 Å². The molecule has 0 aromatic heterocycles. The summed E-state index contributed by atoms with van der Waals surface area (Å²) in [6, 6.07) is 15.4. The van der Waals surface area contributed by atoms with E-state index in [0.29, 0.717) is 16.9 Å². The maximum atomic E-state index is 12.8. The summed E-state index contributed by atoms with van der Waals surface area (Å²) in [5.74, 6) is -0.739. The quantitative estimate of drug-likeness (QED) is 0.847. The zero-order valence-corrected chi connectivity index (χ0v) is 11.9. The third-order valence-electron chi connectivity index (χ3n) is 2.85. The molecular formula is C17H11FN4O. The number of nitrogens with zero attached hydrogens (tertiary/aromatic N) is 2. The van der Waals surface area contributed by atoms with Crippen molar-refractivity contribution in [3.8, 4) is 12.1 Å². The van der Waals surface area contributed by atoms with E-state index in [1.165, 1.54) is 30.5 Å². The van der Waals surface area contributed by atoms with Crippen molar-refractivity contribution in [1.29, 1.82) is 10.5 Å². The fourth-order valence-corrected chi connectivity index (χ4v) is 1.73. The SMILES string of the molecule is N#CC(C#N)=CNc1cccc(C(=O)Nc2ccc(F)cc2)c1. The van der Waals surface area contributed by atoms with Crippen molar-refractivity contribution < 1.29 is 9.18 Å². The third-order valence-corrected chi connectivity index (χ3v) is 2.85. The minimum absolute atomic E-state index is 0.0776. The molecule has 1 amide bonds. The van der Waals surface area contributed by atoms with Crippen molar-refractivity contribution in [2.45, 2.75) is 0 Å². The largest absolute Gasteiger partial charge is 0.360 e. The Hall–Kier alpha value is -3.64. The van der Waals surface area contributed by atoms with E-state index in [2.05, 4.69) is 10.6 Å². The van der Waals surface area contributed by atoms with Crippen LogP contribution in [0.4, 0.5) is 15.8 Å². The molecule has 0 bridgehead atoms. The average Bonchev–Trinajstić information content (AvgIpc) is 2.58. The predicted octanol–water partition coefficient (Wildman–Crippen LogP) is 3.42. The lowest BCUT2D eigenvalue weighted by molar-refractivity contribution is 0.102. The molecule has 0 radical (unpaired) electrons. The van der Waals surface area contributed by atoms with Crippen molar-refractivity contribution in [1.82, 2.24) is 0 Å². The molecule has 2 aromatic carbocycles. The highest BCUT2D eigenvalue weighted by atomic mass is 19.1. The summed E-state index contributed by atoms with van der Waals surface area (Å²) >= 11 is 0. The summed E-state index contributed by atoms with van der Waals surface area (Å²) in [4.78, 5) is 12.1. The van der Waals surface area contributed by atoms with Gasteiger partial charge in [-0.3, -0.25) is 4.79 Å². The lowest BCUT2D eigenvalue weighted by Gasteiger charge is -2.07. The number of benzene rings is 2. The van der Waals surface area contributed by atoms with Crippen LogP contribution in [0.2, 0.25) is 0 Å². The second-order valence-corrected chi connectivity index (χ2v) is 4.47. The average molecular weight is 306 g/mol. The first kappa shape index (κ1) is 15.7. The van der Waals surface area contributed by atoms with Crippen molar-refractivity contribution in [3.05, 3.63) is 71.7 Å². The molecule has 0 fully saturated rings. The van der Waals surface area contributed by atoms with Crippen LogP contribution in [-0.2, 0) is 0 Å². The Morgan fingerprint density at radius 3 is 2.39 bits per heavy atom.